The molecule has 0 radical (unpaired) electrons. The van der Waals surface area contributed by atoms with Crippen molar-refractivity contribution in [3.8, 4) is 0 Å². The summed E-state index contributed by atoms with van der Waals surface area (Å²) < 4.78 is 31.5. The van der Waals surface area contributed by atoms with Gasteiger partial charge in [-0.3, -0.25) is 9.59 Å². The molecule has 1 saturated carbocycles. The van der Waals surface area contributed by atoms with Crippen molar-refractivity contribution >= 4 is 29.2 Å². The molecule has 0 bridgehead atoms. The van der Waals surface area contributed by atoms with Crippen LogP contribution in [0.25, 0.3) is 0 Å². The van der Waals surface area contributed by atoms with Crippen molar-refractivity contribution in [1.82, 2.24) is 0 Å². The molecule has 0 atom stereocenters. The number of carbonyl (C=O) groups excluding carboxylic acids is 2. The quantitative estimate of drug-likeness (QED) is 0.754. The van der Waals surface area contributed by atoms with Crippen LogP contribution in [0.15, 0.2) is 42.5 Å². The van der Waals surface area contributed by atoms with Gasteiger partial charge < -0.3 is 10.1 Å². The average molecular weight is 394 g/mol. The second kappa shape index (κ2) is 8.05. The first kappa shape index (κ1) is 19.3. The highest BCUT2D eigenvalue weighted by Crippen LogP contribution is 2.42. The summed E-state index contributed by atoms with van der Waals surface area (Å²) in [5, 5.41) is 2.53. The Hall–Kier alpha value is -2.47. The van der Waals surface area contributed by atoms with Gasteiger partial charge in [-0.25, -0.2) is 8.78 Å². The van der Waals surface area contributed by atoms with Gasteiger partial charge in [0.1, 0.15) is 11.6 Å². The van der Waals surface area contributed by atoms with E-state index in [0.29, 0.717) is 18.4 Å². The molecule has 4 nitrogen and oxygen atoms in total. The first-order chi connectivity index (χ1) is 12.9. The van der Waals surface area contributed by atoms with Gasteiger partial charge in [0.15, 0.2) is 6.61 Å². The summed E-state index contributed by atoms with van der Waals surface area (Å²) >= 11 is 5.86. The molecule has 27 heavy (non-hydrogen) atoms. The Balaban J connectivity index is 1.66. The second-order valence-electron chi connectivity index (χ2n) is 6.54. The van der Waals surface area contributed by atoms with Crippen LogP contribution in [0, 0.1) is 11.6 Å². The van der Waals surface area contributed by atoms with Crippen LogP contribution in [0.2, 0.25) is 5.02 Å². The van der Waals surface area contributed by atoms with Gasteiger partial charge in [-0.1, -0.05) is 36.6 Å². The SMILES string of the molecule is O=C(COC(=O)C1(c2ccc(F)cc2)CCCC1)Nc1ccc(F)cc1Cl. The van der Waals surface area contributed by atoms with E-state index in [4.69, 9.17) is 16.3 Å². The number of halogens is 3. The van der Waals surface area contributed by atoms with Gasteiger partial charge in [-0.2, -0.15) is 0 Å². The number of rotatable bonds is 5. The normalized spacial score (nSPS) is 15.4. The van der Waals surface area contributed by atoms with Crippen molar-refractivity contribution in [3.05, 3.63) is 64.7 Å². The smallest absolute Gasteiger partial charge is 0.317 e. The summed E-state index contributed by atoms with van der Waals surface area (Å²) in [6.45, 7) is -0.491. The number of benzene rings is 2. The van der Waals surface area contributed by atoms with Crippen LogP contribution >= 0.6 is 11.6 Å². The Bertz CT molecular complexity index is 849. The molecule has 0 heterocycles. The van der Waals surface area contributed by atoms with Crippen LogP contribution in [0.1, 0.15) is 31.2 Å². The maximum Gasteiger partial charge on any atom is 0.317 e. The molecule has 1 aliphatic carbocycles. The van der Waals surface area contributed by atoms with Crippen molar-refractivity contribution in [3.63, 3.8) is 0 Å². The Morgan fingerprint density at radius 3 is 2.30 bits per heavy atom. The Morgan fingerprint density at radius 2 is 1.67 bits per heavy atom. The van der Waals surface area contributed by atoms with Gasteiger partial charge in [0.05, 0.1) is 16.1 Å². The van der Waals surface area contributed by atoms with Crippen molar-refractivity contribution < 1.29 is 23.1 Å². The fraction of sp³-hybridized carbons (Fsp3) is 0.300. The minimum Gasteiger partial charge on any atom is -0.455 e. The summed E-state index contributed by atoms with van der Waals surface area (Å²) in [6.07, 6.45) is 2.87. The van der Waals surface area contributed by atoms with Gasteiger partial charge in [-0.05, 0) is 48.7 Å². The molecule has 3 rings (SSSR count). The fourth-order valence-corrected chi connectivity index (χ4v) is 3.62. The molecule has 7 heteroatoms. The highest BCUT2D eigenvalue weighted by Gasteiger charge is 2.44. The number of hydrogen-bond acceptors (Lipinski definition) is 3. The summed E-state index contributed by atoms with van der Waals surface area (Å²) in [5.41, 5.74) is 0.0585. The predicted molar refractivity (Wildman–Crippen MR) is 97.5 cm³/mol. The lowest BCUT2D eigenvalue weighted by atomic mass is 9.79. The van der Waals surface area contributed by atoms with E-state index in [0.717, 1.165) is 25.0 Å². The minimum atomic E-state index is -0.860. The first-order valence-corrected chi connectivity index (χ1v) is 8.97. The third-order valence-corrected chi connectivity index (χ3v) is 5.10. The Kier molecular flexibility index (Phi) is 5.75. The standard InChI is InChI=1S/C20H18ClF2NO3/c21-16-11-15(23)7-8-17(16)24-18(25)12-27-19(26)20(9-1-2-10-20)13-3-5-14(22)6-4-13/h3-8,11H,1-2,9-10,12H2,(H,24,25). The number of ether oxygens (including phenoxy) is 1. The fourth-order valence-electron chi connectivity index (χ4n) is 3.40. The Morgan fingerprint density at radius 1 is 1.04 bits per heavy atom. The summed E-state index contributed by atoms with van der Waals surface area (Å²) in [6, 6.07) is 9.35. The lowest BCUT2D eigenvalue weighted by Crippen LogP contribution is -2.36. The van der Waals surface area contributed by atoms with Gasteiger partial charge >= 0.3 is 5.97 Å². The predicted octanol–water partition coefficient (Wildman–Crippen LogP) is 4.61. The molecule has 0 spiro atoms. The molecule has 0 aliphatic heterocycles. The maximum absolute atomic E-state index is 13.2. The van der Waals surface area contributed by atoms with Crippen LogP contribution in [0.3, 0.4) is 0 Å². The highest BCUT2D eigenvalue weighted by atomic mass is 35.5. The van der Waals surface area contributed by atoms with E-state index >= 15 is 0 Å². The van der Waals surface area contributed by atoms with E-state index in [2.05, 4.69) is 5.32 Å². The molecule has 0 saturated heterocycles. The van der Waals surface area contributed by atoms with Crippen LogP contribution in [-0.4, -0.2) is 18.5 Å². The molecule has 1 N–H and O–H groups in total. The number of nitrogens with one attached hydrogen (secondary N) is 1. The monoisotopic (exact) mass is 393 g/mol. The average Bonchev–Trinajstić information content (AvgIpc) is 3.14. The zero-order valence-electron chi connectivity index (χ0n) is 14.4. The van der Waals surface area contributed by atoms with E-state index in [-0.39, 0.29) is 16.5 Å². The second-order valence-corrected chi connectivity index (χ2v) is 6.95. The van der Waals surface area contributed by atoms with Crippen molar-refractivity contribution in [1.29, 1.82) is 0 Å². The van der Waals surface area contributed by atoms with Crippen LogP contribution in [0.5, 0.6) is 0 Å². The van der Waals surface area contributed by atoms with E-state index in [1.807, 2.05) is 0 Å². The van der Waals surface area contributed by atoms with Crippen LogP contribution in [-0.2, 0) is 19.7 Å². The van der Waals surface area contributed by atoms with Crippen molar-refractivity contribution in [2.24, 2.45) is 0 Å². The number of hydrogen-bond donors (Lipinski definition) is 1. The molecular formula is C20H18ClF2NO3. The third kappa shape index (κ3) is 4.27. The lowest BCUT2D eigenvalue weighted by Gasteiger charge is -2.27. The molecule has 2 aromatic rings. The molecule has 1 aliphatic rings. The molecule has 2 aromatic carbocycles. The maximum atomic E-state index is 13.2. The summed E-state index contributed by atoms with van der Waals surface area (Å²) in [4.78, 5) is 24.8. The zero-order chi connectivity index (χ0) is 19.4. The van der Waals surface area contributed by atoms with Crippen molar-refractivity contribution in [2.45, 2.75) is 31.1 Å². The molecular weight excluding hydrogens is 376 g/mol. The third-order valence-electron chi connectivity index (χ3n) is 4.78. The van der Waals surface area contributed by atoms with E-state index in [1.54, 1.807) is 12.1 Å². The summed E-state index contributed by atoms with van der Waals surface area (Å²) in [5.74, 6) is -1.99. The summed E-state index contributed by atoms with van der Waals surface area (Å²) in [7, 11) is 0. The van der Waals surface area contributed by atoms with Crippen molar-refractivity contribution in [2.75, 3.05) is 11.9 Å². The van der Waals surface area contributed by atoms with Gasteiger partial charge in [0, 0.05) is 0 Å². The first-order valence-electron chi connectivity index (χ1n) is 8.59. The van der Waals surface area contributed by atoms with E-state index < -0.39 is 29.7 Å². The van der Waals surface area contributed by atoms with Crippen LogP contribution < -0.4 is 5.32 Å². The van der Waals surface area contributed by atoms with E-state index in [1.165, 1.54) is 18.2 Å². The number of esters is 1. The van der Waals surface area contributed by atoms with E-state index in [9.17, 15) is 18.4 Å². The van der Waals surface area contributed by atoms with Gasteiger partial charge in [0.25, 0.3) is 5.91 Å². The molecule has 0 aromatic heterocycles. The van der Waals surface area contributed by atoms with Gasteiger partial charge in [0.2, 0.25) is 0 Å². The minimum absolute atomic E-state index is 0.0493. The zero-order valence-corrected chi connectivity index (χ0v) is 15.2. The lowest BCUT2D eigenvalue weighted by molar-refractivity contribution is -0.153. The molecule has 0 unspecified atom stereocenters. The van der Waals surface area contributed by atoms with Gasteiger partial charge in [-0.15, -0.1) is 0 Å². The molecule has 1 amide bonds. The molecule has 142 valence electrons. The number of amides is 1. The highest BCUT2D eigenvalue weighted by molar-refractivity contribution is 6.33. The largest absolute Gasteiger partial charge is 0.455 e. The number of anilines is 1. The van der Waals surface area contributed by atoms with Crippen LogP contribution in [0.4, 0.5) is 14.5 Å². The Labute approximate surface area is 160 Å². The molecule has 1 fully saturated rings. The number of carbonyl (C=O) groups is 2. The topological polar surface area (TPSA) is 55.4 Å².